The van der Waals surface area contributed by atoms with Gasteiger partial charge in [-0.2, -0.15) is 5.10 Å². The molecule has 1 N–H and O–H groups in total. The van der Waals surface area contributed by atoms with Gasteiger partial charge in [0.25, 0.3) is 5.91 Å². The lowest BCUT2D eigenvalue weighted by atomic mass is 10.1. The Hall–Kier alpha value is -3.28. The summed E-state index contributed by atoms with van der Waals surface area (Å²) in [7, 11) is 1.61. The van der Waals surface area contributed by atoms with Crippen molar-refractivity contribution < 1.29 is 14.3 Å². The van der Waals surface area contributed by atoms with Gasteiger partial charge in [-0.15, -0.1) is 0 Å². The van der Waals surface area contributed by atoms with Crippen molar-refractivity contribution in [1.29, 1.82) is 0 Å². The van der Waals surface area contributed by atoms with Crippen molar-refractivity contribution >= 4 is 5.91 Å². The number of aryl methyl sites for hydroxylation is 2. The van der Waals surface area contributed by atoms with Gasteiger partial charge in [0.1, 0.15) is 6.61 Å². The van der Waals surface area contributed by atoms with Gasteiger partial charge in [-0.25, -0.2) is 0 Å². The average molecular weight is 379 g/mol. The summed E-state index contributed by atoms with van der Waals surface area (Å²) in [6, 6.07) is 14.9. The van der Waals surface area contributed by atoms with E-state index in [2.05, 4.69) is 10.4 Å². The fourth-order valence-electron chi connectivity index (χ4n) is 2.87. The van der Waals surface area contributed by atoms with Crippen molar-refractivity contribution in [3.63, 3.8) is 0 Å². The molecule has 2 aromatic carbocycles. The highest BCUT2D eigenvalue weighted by Crippen LogP contribution is 2.26. The van der Waals surface area contributed by atoms with Crippen LogP contribution in [0.3, 0.4) is 0 Å². The van der Waals surface area contributed by atoms with Gasteiger partial charge in [-0.3, -0.25) is 9.48 Å². The first kappa shape index (κ1) is 19.5. The summed E-state index contributed by atoms with van der Waals surface area (Å²) >= 11 is 0. The van der Waals surface area contributed by atoms with Crippen LogP contribution in [0.5, 0.6) is 11.5 Å². The summed E-state index contributed by atoms with van der Waals surface area (Å²) in [4.78, 5) is 12.5. The van der Waals surface area contributed by atoms with E-state index in [4.69, 9.17) is 9.47 Å². The lowest BCUT2D eigenvalue weighted by molar-refractivity contribution is 0.0950. The Morgan fingerprint density at radius 2 is 1.93 bits per heavy atom. The van der Waals surface area contributed by atoms with Crippen molar-refractivity contribution in [3.05, 3.63) is 77.1 Å². The normalized spacial score (nSPS) is 10.5. The van der Waals surface area contributed by atoms with Crippen molar-refractivity contribution in [1.82, 2.24) is 15.1 Å². The molecule has 146 valence electrons. The number of methoxy groups -OCH3 is 1. The summed E-state index contributed by atoms with van der Waals surface area (Å²) in [5, 5.41) is 7.36. The largest absolute Gasteiger partial charge is 0.493 e. The third kappa shape index (κ3) is 4.71. The summed E-state index contributed by atoms with van der Waals surface area (Å²) in [6.07, 6.45) is 1.97. The minimum Gasteiger partial charge on any atom is -0.493 e. The smallest absolute Gasteiger partial charge is 0.251 e. The summed E-state index contributed by atoms with van der Waals surface area (Å²) in [5.41, 5.74) is 3.46. The molecular weight excluding hydrogens is 354 g/mol. The molecule has 0 saturated carbocycles. The van der Waals surface area contributed by atoms with Gasteiger partial charge < -0.3 is 14.8 Å². The molecule has 6 nitrogen and oxygen atoms in total. The number of ether oxygens (including phenoxy) is 2. The molecule has 1 amide bonds. The summed E-state index contributed by atoms with van der Waals surface area (Å²) in [5.74, 6) is 1.23. The van der Waals surface area contributed by atoms with Gasteiger partial charge in [-0.05, 0) is 43.7 Å². The predicted octanol–water partition coefficient (Wildman–Crippen LogP) is 3.73. The van der Waals surface area contributed by atoms with Gasteiger partial charge in [0, 0.05) is 30.4 Å². The highest BCUT2D eigenvalue weighted by atomic mass is 16.5. The van der Waals surface area contributed by atoms with E-state index in [1.165, 1.54) is 0 Å². The van der Waals surface area contributed by atoms with Gasteiger partial charge in [0.2, 0.25) is 0 Å². The summed E-state index contributed by atoms with van der Waals surface area (Å²) < 4.78 is 13.0. The van der Waals surface area contributed by atoms with Crippen LogP contribution in [-0.4, -0.2) is 22.8 Å². The molecule has 3 aromatic rings. The highest BCUT2D eigenvalue weighted by molar-refractivity contribution is 5.94. The molecule has 0 bridgehead atoms. The SMILES string of the molecule is CCn1cc(CNC(=O)c2cccc(COc3ccccc3OC)c2)c(C)n1. The van der Waals surface area contributed by atoms with E-state index < -0.39 is 0 Å². The molecule has 1 aromatic heterocycles. The Morgan fingerprint density at radius 1 is 1.14 bits per heavy atom. The maximum atomic E-state index is 12.5. The van der Waals surface area contributed by atoms with Crippen LogP contribution in [0.15, 0.2) is 54.7 Å². The van der Waals surface area contributed by atoms with Gasteiger partial charge in [0.15, 0.2) is 11.5 Å². The van der Waals surface area contributed by atoms with Crippen LogP contribution >= 0.6 is 0 Å². The molecule has 0 atom stereocenters. The van der Waals surface area contributed by atoms with E-state index in [9.17, 15) is 4.79 Å². The maximum Gasteiger partial charge on any atom is 0.251 e. The van der Waals surface area contributed by atoms with E-state index in [1.54, 1.807) is 13.2 Å². The zero-order valence-electron chi connectivity index (χ0n) is 16.4. The molecule has 0 radical (unpaired) electrons. The minimum atomic E-state index is -0.122. The fraction of sp³-hybridized carbons (Fsp3) is 0.273. The minimum absolute atomic E-state index is 0.122. The maximum absolute atomic E-state index is 12.5. The quantitative estimate of drug-likeness (QED) is 0.648. The third-order valence-electron chi connectivity index (χ3n) is 4.46. The number of amides is 1. The van der Waals surface area contributed by atoms with E-state index >= 15 is 0 Å². The van der Waals surface area contributed by atoms with Crippen LogP contribution in [0, 0.1) is 6.92 Å². The van der Waals surface area contributed by atoms with E-state index in [0.717, 1.165) is 23.4 Å². The van der Waals surface area contributed by atoms with Crippen LogP contribution in [0.2, 0.25) is 0 Å². The molecule has 0 aliphatic carbocycles. The molecule has 1 heterocycles. The van der Waals surface area contributed by atoms with Crippen LogP contribution < -0.4 is 14.8 Å². The van der Waals surface area contributed by atoms with E-state index in [1.807, 2.05) is 67.2 Å². The highest BCUT2D eigenvalue weighted by Gasteiger charge is 2.10. The first-order valence-electron chi connectivity index (χ1n) is 9.26. The lowest BCUT2D eigenvalue weighted by Crippen LogP contribution is -2.23. The predicted molar refractivity (Wildman–Crippen MR) is 108 cm³/mol. The van der Waals surface area contributed by atoms with Crippen molar-refractivity contribution in [2.45, 2.75) is 33.5 Å². The summed E-state index contributed by atoms with van der Waals surface area (Å²) in [6.45, 7) is 5.59. The standard InChI is InChI=1S/C22H25N3O3/c1-4-25-14-19(16(2)24-25)13-23-22(26)18-9-7-8-17(12-18)15-28-21-11-6-5-10-20(21)27-3/h5-12,14H,4,13,15H2,1-3H3,(H,23,26). The zero-order chi connectivity index (χ0) is 19.9. The van der Waals surface area contributed by atoms with E-state index in [-0.39, 0.29) is 5.91 Å². The molecule has 0 unspecified atom stereocenters. The number of carbonyl (C=O) groups excluding carboxylic acids is 1. The number of hydrogen-bond acceptors (Lipinski definition) is 4. The van der Waals surface area contributed by atoms with Crippen molar-refractivity contribution in [2.24, 2.45) is 0 Å². The second kappa shape index (κ2) is 9.08. The second-order valence-electron chi connectivity index (χ2n) is 6.42. The Morgan fingerprint density at radius 3 is 2.64 bits per heavy atom. The fourth-order valence-corrected chi connectivity index (χ4v) is 2.87. The monoisotopic (exact) mass is 379 g/mol. The van der Waals surface area contributed by atoms with Crippen LogP contribution in [0.25, 0.3) is 0 Å². The molecule has 0 saturated heterocycles. The molecule has 0 spiro atoms. The van der Waals surface area contributed by atoms with Gasteiger partial charge in [-0.1, -0.05) is 24.3 Å². The molecule has 28 heavy (non-hydrogen) atoms. The topological polar surface area (TPSA) is 65.4 Å². The first-order chi connectivity index (χ1) is 13.6. The number of nitrogens with zero attached hydrogens (tertiary/aromatic N) is 2. The second-order valence-corrected chi connectivity index (χ2v) is 6.42. The number of carbonyl (C=O) groups is 1. The molecule has 3 rings (SSSR count). The number of rotatable bonds is 8. The van der Waals surface area contributed by atoms with Gasteiger partial charge in [0.05, 0.1) is 12.8 Å². The Kier molecular flexibility index (Phi) is 6.32. The number of aromatic nitrogens is 2. The molecule has 0 aliphatic rings. The van der Waals surface area contributed by atoms with Crippen LogP contribution in [0.1, 0.15) is 34.1 Å². The van der Waals surface area contributed by atoms with Crippen LogP contribution in [-0.2, 0) is 19.7 Å². The zero-order valence-corrected chi connectivity index (χ0v) is 16.4. The molecule has 0 aliphatic heterocycles. The number of nitrogens with one attached hydrogen (secondary N) is 1. The average Bonchev–Trinajstić information content (AvgIpc) is 3.10. The number of benzene rings is 2. The third-order valence-corrected chi connectivity index (χ3v) is 4.46. The Labute approximate surface area is 165 Å². The molecule has 6 heteroatoms. The van der Waals surface area contributed by atoms with Crippen molar-refractivity contribution in [3.8, 4) is 11.5 Å². The Bertz CT molecular complexity index is 950. The molecule has 0 fully saturated rings. The number of hydrogen-bond donors (Lipinski definition) is 1. The first-order valence-corrected chi connectivity index (χ1v) is 9.26. The van der Waals surface area contributed by atoms with Crippen LogP contribution in [0.4, 0.5) is 0 Å². The number of para-hydroxylation sites is 2. The Balaban J connectivity index is 1.62. The lowest BCUT2D eigenvalue weighted by Gasteiger charge is -2.11. The van der Waals surface area contributed by atoms with E-state index in [0.29, 0.717) is 30.2 Å². The van der Waals surface area contributed by atoms with Gasteiger partial charge >= 0.3 is 0 Å². The molecular formula is C22H25N3O3. The van der Waals surface area contributed by atoms with Crippen molar-refractivity contribution in [2.75, 3.05) is 7.11 Å².